The van der Waals surface area contributed by atoms with E-state index in [0.717, 1.165) is 18.2 Å². The number of halogens is 3. The second-order valence-electron chi connectivity index (χ2n) is 5.46. The standard InChI is InChI=1S/C17H14F3N3O3S/c1-26-13-4-6-14(7-5-13)27(24,25)22-15-11-12(17(18,19)20)3-8-16(15)23-10-2-9-21-23/h2-11,22H,1H3. The zero-order valence-electron chi connectivity index (χ0n) is 13.9. The maximum Gasteiger partial charge on any atom is 0.416 e. The molecule has 0 bridgehead atoms. The number of rotatable bonds is 5. The summed E-state index contributed by atoms with van der Waals surface area (Å²) in [5.41, 5.74) is -1.07. The Labute approximate surface area is 153 Å². The van der Waals surface area contributed by atoms with Crippen LogP contribution in [0.25, 0.3) is 5.69 Å². The summed E-state index contributed by atoms with van der Waals surface area (Å²) in [7, 11) is -2.70. The molecule has 2 aromatic carbocycles. The first kappa shape index (κ1) is 18.8. The smallest absolute Gasteiger partial charge is 0.416 e. The normalized spacial score (nSPS) is 12.0. The Morgan fingerprint density at radius 3 is 2.37 bits per heavy atom. The molecule has 0 atom stereocenters. The van der Waals surface area contributed by atoms with E-state index in [9.17, 15) is 21.6 Å². The maximum absolute atomic E-state index is 13.1. The van der Waals surface area contributed by atoms with Crippen molar-refractivity contribution in [3.8, 4) is 11.4 Å². The topological polar surface area (TPSA) is 73.2 Å². The molecule has 1 N–H and O–H groups in total. The van der Waals surface area contributed by atoms with Crippen LogP contribution in [0.15, 0.2) is 65.8 Å². The van der Waals surface area contributed by atoms with Gasteiger partial charge in [-0.05, 0) is 48.5 Å². The van der Waals surface area contributed by atoms with E-state index in [0.29, 0.717) is 5.75 Å². The maximum atomic E-state index is 13.1. The van der Waals surface area contributed by atoms with Gasteiger partial charge in [-0.3, -0.25) is 4.72 Å². The van der Waals surface area contributed by atoms with E-state index in [-0.39, 0.29) is 16.3 Å². The second kappa shape index (κ2) is 6.95. The van der Waals surface area contributed by atoms with Gasteiger partial charge in [0.1, 0.15) is 5.75 Å². The predicted octanol–water partition coefficient (Wildman–Crippen LogP) is 3.70. The minimum absolute atomic E-state index is 0.118. The highest BCUT2D eigenvalue weighted by Crippen LogP contribution is 2.34. The lowest BCUT2D eigenvalue weighted by molar-refractivity contribution is -0.137. The summed E-state index contributed by atoms with van der Waals surface area (Å²) in [6.45, 7) is 0. The first-order valence-corrected chi connectivity index (χ1v) is 9.07. The average Bonchev–Trinajstić information content (AvgIpc) is 3.15. The molecule has 0 fully saturated rings. The van der Waals surface area contributed by atoms with Gasteiger partial charge in [0.25, 0.3) is 10.0 Å². The van der Waals surface area contributed by atoms with E-state index in [2.05, 4.69) is 9.82 Å². The van der Waals surface area contributed by atoms with Gasteiger partial charge in [0, 0.05) is 12.4 Å². The van der Waals surface area contributed by atoms with Gasteiger partial charge in [0.05, 0.1) is 28.9 Å². The molecule has 0 aliphatic heterocycles. The third kappa shape index (κ3) is 4.05. The fraction of sp³-hybridized carbons (Fsp3) is 0.118. The molecule has 3 aromatic rings. The van der Waals surface area contributed by atoms with Crippen molar-refractivity contribution in [2.75, 3.05) is 11.8 Å². The fourth-order valence-electron chi connectivity index (χ4n) is 2.36. The van der Waals surface area contributed by atoms with Crippen LogP contribution in [0.5, 0.6) is 5.75 Å². The molecule has 10 heteroatoms. The number of nitrogens with one attached hydrogen (secondary N) is 1. The van der Waals surface area contributed by atoms with Crippen LogP contribution in [0, 0.1) is 0 Å². The second-order valence-corrected chi connectivity index (χ2v) is 7.14. The number of sulfonamides is 1. The molecule has 0 aliphatic rings. The first-order chi connectivity index (χ1) is 12.7. The first-order valence-electron chi connectivity index (χ1n) is 7.59. The van der Waals surface area contributed by atoms with Crippen LogP contribution >= 0.6 is 0 Å². The molecule has 0 spiro atoms. The summed E-state index contributed by atoms with van der Waals surface area (Å²) in [6, 6.07) is 9.79. The Hall–Kier alpha value is -3.01. The lowest BCUT2D eigenvalue weighted by atomic mass is 10.1. The number of nitrogens with zero attached hydrogens (tertiary/aromatic N) is 2. The molecule has 27 heavy (non-hydrogen) atoms. The minimum Gasteiger partial charge on any atom is -0.497 e. The van der Waals surface area contributed by atoms with Crippen molar-refractivity contribution in [3.63, 3.8) is 0 Å². The lowest BCUT2D eigenvalue weighted by Gasteiger charge is -2.15. The molecule has 1 aromatic heterocycles. The van der Waals surface area contributed by atoms with E-state index in [1.807, 2.05) is 0 Å². The van der Waals surface area contributed by atoms with Gasteiger partial charge in [-0.1, -0.05) is 0 Å². The number of ether oxygens (including phenoxy) is 1. The van der Waals surface area contributed by atoms with E-state index < -0.39 is 21.8 Å². The highest BCUT2D eigenvalue weighted by atomic mass is 32.2. The highest BCUT2D eigenvalue weighted by Gasteiger charge is 2.32. The van der Waals surface area contributed by atoms with Crippen molar-refractivity contribution >= 4 is 15.7 Å². The van der Waals surface area contributed by atoms with Gasteiger partial charge < -0.3 is 4.74 Å². The molecular formula is C17H14F3N3O3S. The summed E-state index contributed by atoms with van der Waals surface area (Å²) < 4.78 is 72.9. The molecule has 0 unspecified atom stereocenters. The van der Waals surface area contributed by atoms with Gasteiger partial charge in [0.15, 0.2) is 0 Å². The molecule has 0 saturated heterocycles. The van der Waals surface area contributed by atoms with Gasteiger partial charge in [-0.15, -0.1) is 0 Å². The Morgan fingerprint density at radius 1 is 1.11 bits per heavy atom. The van der Waals surface area contributed by atoms with Crippen molar-refractivity contribution in [2.45, 2.75) is 11.1 Å². The van der Waals surface area contributed by atoms with E-state index in [4.69, 9.17) is 4.74 Å². The molecular weight excluding hydrogens is 383 g/mol. The van der Waals surface area contributed by atoms with Crippen LogP contribution in [0.3, 0.4) is 0 Å². The number of benzene rings is 2. The molecule has 0 amide bonds. The summed E-state index contributed by atoms with van der Waals surface area (Å²) in [6.07, 6.45) is -1.70. The Morgan fingerprint density at radius 2 is 1.81 bits per heavy atom. The summed E-state index contributed by atoms with van der Waals surface area (Å²) >= 11 is 0. The molecule has 6 nitrogen and oxygen atoms in total. The zero-order valence-corrected chi connectivity index (χ0v) is 14.8. The molecule has 0 saturated carbocycles. The number of hydrogen-bond donors (Lipinski definition) is 1. The quantitative estimate of drug-likeness (QED) is 0.713. The molecule has 142 valence electrons. The monoisotopic (exact) mass is 397 g/mol. The number of alkyl halides is 3. The average molecular weight is 397 g/mol. The van der Waals surface area contributed by atoms with Crippen LogP contribution in [0.2, 0.25) is 0 Å². The largest absolute Gasteiger partial charge is 0.497 e. The van der Waals surface area contributed by atoms with Crippen molar-refractivity contribution in [1.29, 1.82) is 0 Å². The van der Waals surface area contributed by atoms with E-state index >= 15 is 0 Å². The highest BCUT2D eigenvalue weighted by molar-refractivity contribution is 7.92. The predicted molar refractivity (Wildman–Crippen MR) is 92.4 cm³/mol. The molecule has 0 radical (unpaired) electrons. The van der Waals surface area contributed by atoms with Crippen molar-refractivity contribution in [1.82, 2.24) is 9.78 Å². The van der Waals surface area contributed by atoms with Crippen LogP contribution in [-0.4, -0.2) is 25.3 Å². The third-order valence-corrected chi connectivity index (χ3v) is 5.07. The van der Waals surface area contributed by atoms with Gasteiger partial charge in [-0.25, -0.2) is 13.1 Å². The van der Waals surface area contributed by atoms with Gasteiger partial charge in [0.2, 0.25) is 0 Å². The lowest BCUT2D eigenvalue weighted by Crippen LogP contribution is -2.16. The van der Waals surface area contributed by atoms with Gasteiger partial charge >= 0.3 is 6.18 Å². The zero-order chi connectivity index (χ0) is 19.7. The van der Waals surface area contributed by atoms with Crippen LogP contribution in [-0.2, 0) is 16.2 Å². The molecule has 0 aliphatic carbocycles. The molecule has 3 rings (SSSR count). The minimum atomic E-state index is -4.62. The van der Waals surface area contributed by atoms with E-state index in [1.54, 1.807) is 6.07 Å². The number of hydrogen-bond acceptors (Lipinski definition) is 4. The van der Waals surface area contributed by atoms with Crippen LogP contribution < -0.4 is 9.46 Å². The number of anilines is 1. The Bertz CT molecular complexity index is 1030. The van der Waals surface area contributed by atoms with E-state index in [1.165, 1.54) is 48.5 Å². The van der Waals surface area contributed by atoms with Crippen molar-refractivity contribution in [2.24, 2.45) is 0 Å². The number of aromatic nitrogens is 2. The Kier molecular flexibility index (Phi) is 4.83. The van der Waals surface area contributed by atoms with Crippen molar-refractivity contribution in [3.05, 3.63) is 66.5 Å². The van der Waals surface area contributed by atoms with Crippen molar-refractivity contribution < 1.29 is 26.3 Å². The van der Waals surface area contributed by atoms with Crippen LogP contribution in [0.4, 0.5) is 18.9 Å². The Balaban J connectivity index is 2.05. The summed E-state index contributed by atoms with van der Waals surface area (Å²) in [5, 5.41) is 3.95. The number of methoxy groups -OCH3 is 1. The SMILES string of the molecule is COc1ccc(S(=O)(=O)Nc2cc(C(F)(F)F)ccc2-n2cccn2)cc1. The fourth-order valence-corrected chi connectivity index (χ4v) is 3.43. The third-order valence-electron chi connectivity index (χ3n) is 3.69. The van der Waals surface area contributed by atoms with Crippen LogP contribution in [0.1, 0.15) is 5.56 Å². The van der Waals surface area contributed by atoms with Gasteiger partial charge in [-0.2, -0.15) is 18.3 Å². The summed E-state index contributed by atoms with van der Waals surface area (Å²) in [5.74, 6) is 0.449. The summed E-state index contributed by atoms with van der Waals surface area (Å²) in [4.78, 5) is -0.118. The molecule has 1 heterocycles.